The second-order valence-corrected chi connectivity index (χ2v) is 12.2. The van der Waals surface area contributed by atoms with Crippen LogP contribution in [0.4, 0.5) is 4.79 Å². The summed E-state index contributed by atoms with van der Waals surface area (Å²) in [6.45, 7) is 3.51. The maximum Gasteiger partial charge on any atom is 0.338 e. The number of esters is 1. The second kappa shape index (κ2) is 16.1. The third-order valence-electron chi connectivity index (χ3n) is 6.40. The van der Waals surface area contributed by atoms with Crippen molar-refractivity contribution in [3.8, 4) is 17.2 Å². The third kappa shape index (κ3) is 9.00. The van der Waals surface area contributed by atoms with E-state index in [4.69, 9.17) is 30.5 Å². The van der Waals surface area contributed by atoms with Gasteiger partial charge in [-0.3, -0.25) is 4.79 Å². The topological polar surface area (TPSA) is 137 Å². The number of hydrogen-bond acceptors (Lipinski definition) is 8. The monoisotopic (exact) mass is 858 g/mol. The number of nitrogens with one attached hydrogen (secondary N) is 3. The van der Waals surface area contributed by atoms with Crippen LogP contribution in [0, 0.1) is 7.14 Å². The lowest BCUT2D eigenvalue weighted by atomic mass is 9.95. The number of hydrogen-bond donors (Lipinski definition) is 3. The summed E-state index contributed by atoms with van der Waals surface area (Å²) < 4.78 is 24.1. The first-order valence-electron chi connectivity index (χ1n) is 13.5. The van der Waals surface area contributed by atoms with Crippen molar-refractivity contribution in [1.82, 2.24) is 16.1 Å². The van der Waals surface area contributed by atoms with Crippen molar-refractivity contribution < 1.29 is 33.3 Å². The Labute approximate surface area is 292 Å². The van der Waals surface area contributed by atoms with E-state index in [2.05, 4.69) is 66.3 Å². The summed E-state index contributed by atoms with van der Waals surface area (Å²) in [5, 5.41) is 10.0. The minimum atomic E-state index is -0.771. The predicted octanol–water partition coefficient (Wildman–Crippen LogP) is 5.86. The van der Waals surface area contributed by atoms with Gasteiger partial charge >= 0.3 is 12.0 Å². The number of rotatable bonds is 12. The number of carbonyl (C=O) groups is 3. The van der Waals surface area contributed by atoms with Crippen LogP contribution in [-0.2, 0) is 20.9 Å². The number of urea groups is 1. The summed E-state index contributed by atoms with van der Waals surface area (Å²) in [6, 6.07) is 14.9. The van der Waals surface area contributed by atoms with Gasteiger partial charge in [-0.1, -0.05) is 35.9 Å². The molecule has 0 unspecified atom stereocenters. The molecule has 0 radical (unpaired) electrons. The van der Waals surface area contributed by atoms with Crippen molar-refractivity contribution in [1.29, 1.82) is 0 Å². The van der Waals surface area contributed by atoms with Crippen LogP contribution in [0.2, 0.25) is 5.02 Å². The molecule has 1 aliphatic rings. The van der Waals surface area contributed by atoms with Crippen LogP contribution in [0.1, 0.15) is 36.6 Å². The van der Waals surface area contributed by atoms with Gasteiger partial charge in [0.05, 0.1) is 38.7 Å². The van der Waals surface area contributed by atoms with Crippen molar-refractivity contribution in [2.75, 3.05) is 20.3 Å². The average molecular weight is 859 g/mol. The molecule has 0 spiro atoms. The fourth-order valence-electron chi connectivity index (χ4n) is 4.32. The zero-order chi connectivity index (χ0) is 32.5. The largest absolute Gasteiger partial charge is 0.493 e. The predicted molar refractivity (Wildman–Crippen MR) is 186 cm³/mol. The molecular weight excluding hydrogens is 830 g/mol. The lowest BCUT2D eigenvalue weighted by Crippen LogP contribution is -2.45. The van der Waals surface area contributed by atoms with Crippen LogP contribution in [0.15, 0.2) is 71.0 Å². The van der Waals surface area contributed by atoms with Gasteiger partial charge in [-0.2, -0.15) is 5.10 Å². The lowest BCUT2D eigenvalue weighted by molar-refractivity contribution is -0.139. The molecule has 3 aromatic rings. The van der Waals surface area contributed by atoms with Crippen LogP contribution >= 0.6 is 56.8 Å². The molecule has 4 rings (SSSR count). The normalized spacial score (nSPS) is 14.4. The highest BCUT2D eigenvalue weighted by atomic mass is 127. The Morgan fingerprint density at radius 2 is 1.80 bits per heavy atom. The minimum absolute atomic E-state index is 0.184. The molecule has 1 heterocycles. The maximum absolute atomic E-state index is 12.6. The molecule has 1 atom stereocenters. The van der Waals surface area contributed by atoms with Gasteiger partial charge in [0.1, 0.15) is 12.4 Å². The average Bonchev–Trinajstić information content (AvgIpc) is 3.00. The van der Waals surface area contributed by atoms with E-state index in [0.29, 0.717) is 28.6 Å². The van der Waals surface area contributed by atoms with Gasteiger partial charge in [0.15, 0.2) is 18.1 Å². The minimum Gasteiger partial charge on any atom is -0.493 e. The molecule has 3 N–H and O–H groups in total. The number of carbonyl (C=O) groups excluding carboxylic acids is 3. The van der Waals surface area contributed by atoms with Gasteiger partial charge in [-0.15, -0.1) is 0 Å². The molecular formula is C31H29ClI2N4O7. The number of benzene rings is 3. The molecule has 0 saturated carbocycles. The van der Waals surface area contributed by atoms with Gasteiger partial charge in [0.25, 0.3) is 5.91 Å². The van der Waals surface area contributed by atoms with E-state index in [0.717, 1.165) is 24.0 Å². The smallest absolute Gasteiger partial charge is 0.338 e. The Hall–Kier alpha value is -3.57. The van der Waals surface area contributed by atoms with E-state index in [-0.39, 0.29) is 24.5 Å². The zero-order valence-corrected chi connectivity index (χ0v) is 29.5. The summed E-state index contributed by atoms with van der Waals surface area (Å²) in [5.41, 5.74) is 5.33. The van der Waals surface area contributed by atoms with Crippen LogP contribution in [-0.4, -0.2) is 44.4 Å². The fourth-order valence-corrected chi connectivity index (χ4v) is 6.64. The van der Waals surface area contributed by atoms with E-state index >= 15 is 0 Å². The van der Waals surface area contributed by atoms with Crippen molar-refractivity contribution >= 4 is 80.9 Å². The number of ether oxygens (including phenoxy) is 4. The highest BCUT2D eigenvalue weighted by Gasteiger charge is 2.32. The number of methoxy groups -OCH3 is 1. The van der Waals surface area contributed by atoms with E-state index in [1.807, 2.05) is 36.4 Å². The first-order valence-corrected chi connectivity index (χ1v) is 16.1. The second-order valence-electron chi connectivity index (χ2n) is 9.48. The molecule has 3 aromatic carbocycles. The van der Waals surface area contributed by atoms with E-state index in [1.54, 1.807) is 32.0 Å². The molecule has 0 bridgehead atoms. The Morgan fingerprint density at radius 1 is 1.07 bits per heavy atom. The first-order chi connectivity index (χ1) is 21.6. The van der Waals surface area contributed by atoms with Gasteiger partial charge in [0.2, 0.25) is 0 Å². The molecule has 0 aromatic heterocycles. The van der Waals surface area contributed by atoms with Crippen molar-refractivity contribution in [2.24, 2.45) is 5.10 Å². The molecule has 11 nitrogen and oxygen atoms in total. The summed E-state index contributed by atoms with van der Waals surface area (Å²) >= 11 is 10.6. The van der Waals surface area contributed by atoms with Crippen molar-refractivity contribution in [2.45, 2.75) is 26.5 Å². The van der Waals surface area contributed by atoms with Crippen LogP contribution in [0.5, 0.6) is 17.2 Å². The Kier molecular flexibility index (Phi) is 12.3. The summed E-state index contributed by atoms with van der Waals surface area (Å²) in [5.74, 6) is 0.284. The summed E-state index contributed by atoms with van der Waals surface area (Å²) in [7, 11) is 1.45. The van der Waals surface area contributed by atoms with E-state index in [1.165, 1.54) is 13.3 Å². The standard InChI is InChI=1S/C31H29ClI2N4O7/c1-4-43-30(40)27-17(2)36-31(41)37-28(27)19-9-10-24(25(13-19)42-3)44-16-26(39)38-35-14-18-11-22(33)29(23(34)12-18)45-15-20-7-5-6-8-21(20)32/h5-14,28H,4,15-16H2,1-3H3,(H,38,39)(H2,36,37,41)/b35-14-/t28-/m0/s1. The molecule has 14 heteroatoms. The number of amides is 3. The highest BCUT2D eigenvalue weighted by Crippen LogP contribution is 2.35. The Balaban J connectivity index is 1.36. The van der Waals surface area contributed by atoms with Gasteiger partial charge in [-0.05, 0) is 100 Å². The quantitative estimate of drug-likeness (QED) is 0.0900. The summed E-state index contributed by atoms with van der Waals surface area (Å²) in [6.07, 6.45) is 1.53. The molecule has 3 amide bonds. The Bertz CT molecular complexity index is 1640. The molecule has 45 heavy (non-hydrogen) atoms. The number of allylic oxidation sites excluding steroid dienone is 1. The third-order valence-corrected chi connectivity index (χ3v) is 8.37. The molecule has 0 aliphatic carbocycles. The molecule has 0 fully saturated rings. The fraction of sp³-hybridized carbons (Fsp3) is 0.226. The van der Waals surface area contributed by atoms with Gasteiger partial charge < -0.3 is 29.6 Å². The Morgan fingerprint density at radius 3 is 2.49 bits per heavy atom. The molecule has 0 saturated heterocycles. The van der Waals surface area contributed by atoms with E-state index < -0.39 is 23.9 Å². The van der Waals surface area contributed by atoms with Crippen LogP contribution in [0.3, 0.4) is 0 Å². The van der Waals surface area contributed by atoms with E-state index in [9.17, 15) is 14.4 Å². The number of halogens is 3. The molecule has 236 valence electrons. The van der Waals surface area contributed by atoms with Crippen LogP contribution in [0.25, 0.3) is 0 Å². The van der Waals surface area contributed by atoms with Gasteiger partial charge in [0, 0.05) is 16.3 Å². The van der Waals surface area contributed by atoms with Crippen LogP contribution < -0.4 is 30.3 Å². The van der Waals surface area contributed by atoms with Crippen molar-refractivity contribution in [3.05, 3.63) is 94.7 Å². The van der Waals surface area contributed by atoms with Gasteiger partial charge in [-0.25, -0.2) is 15.0 Å². The first kappa shape index (κ1) is 34.3. The number of hydrazone groups is 1. The SMILES string of the molecule is CCOC(=O)C1=C(C)NC(=O)N[C@H]1c1ccc(OCC(=O)N/N=C\c2cc(I)c(OCc3ccccc3Cl)c(I)c2)c(OC)c1. The van der Waals surface area contributed by atoms with Crippen molar-refractivity contribution in [3.63, 3.8) is 0 Å². The zero-order valence-electron chi connectivity index (χ0n) is 24.4. The summed E-state index contributed by atoms with van der Waals surface area (Å²) in [4.78, 5) is 37.2. The highest BCUT2D eigenvalue weighted by molar-refractivity contribution is 14.1. The maximum atomic E-state index is 12.6. The lowest BCUT2D eigenvalue weighted by Gasteiger charge is -2.28. The number of nitrogens with zero attached hydrogens (tertiary/aromatic N) is 1. The molecule has 1 aliphatic heterocycles.